The Morgan fingerprint density at radius 1 is 2.00 bits per heavy atom. The maximum atomic E-state index is 9.34. The molecule has 0 amide bonds. The smallest absolute Gasteiger partial charge is 0.149 e. The molecule has 0 aromatic heterocycles. The van der Waals surface area contributed by atoms with E-state index in [0.717, 1.165) is 0 Å². The zero-order valence-corrected chi connectivity index (χ0v) is 3.51. The molecule has 0 aromatic rings. The highest BCUT2D eigenvalue weighted by Gasteiger charge is 1.85. The van der Waals surface area contributed by atoms with Gasteiger partial charge in [0.25, 0.3) is 0 Å². The average Bonchev–Trinajstić information content (AvgIpc) is 1.65. The van der Waals surface area contributed by atoms with Crippen LogP contribution in [0.1, 0.15) is 6.92 Å². The second-order valence-electron chi connectivity index (χ2n) is 0.948. The number of hydrogen-bond donors (Lipinski definition) is 0. The van der Waals surface area contributed by atoms with Gasteiger partial charge in [0.15, 0.2) is 0 Å². The fourth-order valence-corrected chi connectivity index (χ4v) is 0.0304. The van der Waals surface area contributed by atoms with Crippen molar-refractivity contribution < 1.29 is 0 Å². The largest absolute Gasteiger partial charge is 0.149 e. The number of nitrogens with zero attached hydrogens (tertiary/aromatic N) is 1. The minimum atomic E-state index is -0.468. The van der Waals surface area contributed by atoms with Crippen molar-refractivity contribution in [2.45, 2.75) is 13.0 Å². The van der Waals surface area contributed by atoms with Crippen LogP contribution in [0.2, 0.25) is 0 Å². The number of terminal acetylenes is 1. The SMILES string of the molecule is C#CC(C)N=O. The minimum absolute atomic E-state index is 0.468. The number of hydrogen-bond acceptors (Lipinski definition) is 2. The molecule has 0 spiro atoms. The van der Waals surface area contributed by atoms with Crippen LogP contribution < -0.4 is 0 Å². The van der Waals surface area contributed by atoms with Gasteiger partial charge in [0, 0.05) is 0 Å². The lowest BCUT2D eigenvalue weighted by atomic mass is 10.4. The number of rotatable bonds is 1. The molecule has 0 heterocycles. The van der Waals surface area contributed by atoms with Gasteiger partial charge in [-0.1, -0.05) is 11.1 Å². The molecule has 32 valence electrons. The van der Waals surface area contributed by atoms with Gasteiger partial charge >= 0.3 is 0 Å². The topological polar surface area (TPSA) is 29.4 Å². The van der Waals surface area contributed by atoms with Crippen LogP contribution in [-0.4, -0.2) is 6.04 Å². The molecule has 0 fully saturated rings. The van der Waals surface area contributed by atoms with Crippen molar-refractivity contribution in [1.29, 1.82) is 0 Å². The molecular weight excluding hydrogens is 78.0 g/mol. The molecule has 0 bridgehead atoms. The summed E-state index contributed by atoms with van der Waals surface area (Å²) >= 11 is 0. The zero-order valence-electron chi connectivity index (χ0n) is 3.51. The van der Waals surface area contributed by atoms with Gasteiger partial charge in [0.05, 0.1) is 0 Å². The maximum Gasteiger partial charge on any atom is 0.149 e. The fraction of sp³-hybridized carbons (Fsp3) is 0.500. The van der Waals surface area contributed by atoms with E-state index in [9.17, 15) is 4.91 Å². The van der Waals surface area contributed by atoms with Gasteiger partial charge in [-0.3, -0.25) is 0 Å². The molecule has 1 atom stereocenters. The van der Waals surface area contributed by atoms with Crippen LogP contribution in [-0.2, 0) is 0 Å². The third kappa shape index (κ3) is 1.48. The predicted molar refractivity (Wildman–Crippen MR) is 24.1 cm³/mol. The summed E-state index contributed by atoms with van der Waals surface area (Å²) in [5.41, 5.74) is 0. The quantitative estimate of drug-likeness (QED) is 0.340. The molecule has 0 aliphatic rings. The molecule has 0 saturated heterocycles. The summed E-state index contributed by atoms with van der Waals surface area (Å²) in [6, 6.07) is -0.468. The second kappa shape index (κ2) is 2.40. The van der Waals surface area contributed by atoms with Crippen molar-refractivity contribution >= 4 is 0 Å². The Morgan fingerprint density at radius 2 is 2.50 bits per heavy atom. The van der Waals surface area contributed by atoms with Gasteiger partial charge in [-0.2, -0.15) is 0 Å². The Hall–Kier alpha value is -0.840. The van der Waals surface area contributed by atoms with Gasteiger partial charge in [0.1, 0.15) is 6.04 Å². The summed E-state index contributed by atoms with van der Waals surface area (Å²) in [6.45, 7) is 1.56. The first kappa shape index (κ1) is 5.16. The molecular formula is C4H5NO. The zero-order chi connectivity index (χ0) is 4.99. The van der Waals surface area contributed by atoms with Gasteiger partial charge < -0.3 is 0 Å². The van der Waals surface area contributed by atoms with Crippen molar-refractivity contribution in [1.82, 2.24) is 0 Å². The van der Waals surface area contributed by atoms with E-state index in [4.69, 9.17) is 6.42 Å². The summed E-state index contributed by atoms with van der Waals surface area (Å²) in [4.78, 5) is 9.34. The van der Waals surface area contributed by atoms with Crippen molar-refractivity contribution in [3.63, 3.8) is 0 Å². The van der Waals surface area contributed by atoms with Crippen molar-refractivity contribution in [3.05, 3.63) is 4.91 Å². The molecule has 6 heavy (non-hydrogen) atoms. The Kier molecular flexibility index (Phi) is 2.06. The lowest BCUT2D eigenvalue weighted by Crippen LogP contribution is -1.86. The minimum Gasteiger partial charge on any atom is -0.149 e. The van der Waals surface area contributed by atoms with E-state index in [0.29, 0.717) is 0 Å². The first-order valence-corrected chi connectivity index (χ1v) is 1.60. The Bertz CT molecular complexity index is 82.0. The second-order valence-corrected chi connectivity index (χ2v) is 0.948. The molecule has 0 saturated carbocycles. The van der Waals surface area contributed by atoms with Crippen LogP contribution in [0, 0.1) is 17.3 Å². The molecule has 1 unspecified atom stereocenters. The van der Waals surface area contributed by atoms with Crippen LogP contribution in [0.3, 0.4) is 0 Å². The molecule has 0 aliphatic carbocycles. The fourth-order valence-electron chi connectivity index (χ4n) is 0.0304. The van der Waals surface area contributed by atoms with Gasteiger partial charge in [-0.05, 0) is 6.92 Å². The third-order valence-electron chi connectivity index (χ3n) is 0.399. The molecule has 0 aromatic carbocycles. The molecule has 0 N–H and O–H groups in total. The van der Waals surface area contributed by atoms with Crippen LogP contribution in [0.15, 0.2) is 5.18 Å². The monoisotopic (exact) mass is 83.0 g/mol. The highest BCUT2D eigenvalue weighted by Crippen LogP contribution is 1.79. The lowest BCUT2D eigenvalue weighted by Gasteiger charge is -1.78. The van der Waals surface area contributed by atoms with Crippen molar-refractivity contribution in [2.75, 3.05) is 0 Å². The first-order chi connectivity index (χ1) is 2.81. The standard InChI is InChI=1S/C4H5NO/c1-3-4(2)5-6/h1,4H,2H3. The van der Waals surface area contributed by atoms with E-state index < -0.39 is 6.04 Å². The summed E-state index contributed by atoms with van der Waals surface area (Å²) < 4.78 is 0. The normalized spacial score (nSPS) is 12.0. The Balaban J connectivity index is 3.30. The summed E-state index contributed by atoms with van der Waals surface area (Å²) in [5, 5.41) is 2.52. The van der Waals surface area contributed by atoms with Crippen LogP contribution in [0.5, 0.6) is 0 Å². The summed E-state index contributed by atoms with van der Waals surface area (Å²) in [7, 11) is 0. The van der Waals surface area contributed by atoms with Crippen molar-refractivity contribution in [2.24, 2.45) is 5.18 Å². The van der Waals surface area contributed by atoms with E-state index in [1.165, 1.54) is 0 Å². The Morgan fingerprint density at radius 3 is 2.50 bits per heavy atom. The van der Waals surface area contributed by atoms with Crippen molar-refractivity contribution in [3.8, 4) is 12.3 Å². The third-order valence-corrected chi connectivity index (χ3v) is 0.399. The lowest BCUT2D eigenvalue weighted by molar-refractivity contribution is 0.949. The molecule has 2 nitrogen and oxygen atoms in total. The van der Waals surface area contributed by atoms with Gasteiger partial charge in [0.2, 0.25) is 0 Å². The van der Waals surface area contributed by atoms with E-state index >= 15 is 0 Å². The van der Waals surface area contributed by atoms with E-state index in [-0.39, 0.29) is 0 Å². The molecule has 0 aliphatic heterocycles. The van der Waals surface area contributed by atoms with Gasteiger partial charge in [-0.25, -0.2) is 0 Å². The van der Waals surface area contributed by atoms with E-state index in [1.54, 1.807) is 6.92 Å². The van der Waals surface area contributed by atoms with E-state index in [2.05, 4.69) is 11.1 Å². The number of nitroso groups, excluding NO2 is 1. The van der Waals surface area contributed by atoms with Crippen LogP contribution >= 0.6 is 0 Å². The molecule has 2 heteroatoms. The van der Waals surface area contributed by atoms with Crippen LogP contribution in [0.25, 0.3) is 0 Å². The molecule has 0 rings (SSSR count). The van der Waals surface area contributed by atoms with E-state index in [1.807, 2.05) is 0 Å². The van der Waals surface area contributed by atoms with Crippen LogP contribution in [0.4, 0.5) is 0 Å². The maximum absolute atomic E-state index is 9.34. The molecule has 0 radical (unpaired) electrons. The van der Waals surface area contributed by atoms with Gasteiger partial charge in [-0.15, -0.1) is 11.3 Å². The average molecular weight is 83.1 g/mol. The highest BCUT2D eigenvalue weighted by molar-refractivity contribution is 4.95. The predicted octanol–water partition coefficient (Wildman–Crippen LogP) is 0.774. The highest BCUT2D eigenvalue weighted by atomic mass is 16.3. The summed E-state index contributed by atoms with van der Waals surface area (Å²) in [6.07, 6.45) is 4.74. The summed E-state index contributed by atoms with van der Waals surface area (Å²) in [5.74, 6) is 2.14. The first-order valence-electron chi connectivity index (χ1n) is 1.60. The Labute approximate surface area is 36.5 Å².